The molecule has 6 nitrogen and oxygen atoms in total. The van der Waals surface area contributed by atoms with Gasteiger partial charge in [-0.05, 0) is 56.7 Å². The van der Waals surface area contributed by atoms with Crippen molar-refractivity contribution < 1.29 is 4.92 Å². The Morgan fingerprint density at radius 2 is 2.16 bits per heavy atom. The Morgan fingerprint density at radius 3 is 2.79 bits per heavy atom. The van der Waals surface area contributed by atoms with E-state index in [1.54, 1.807) is 12.1 Å². The molecule has 0 unspecified atom stereocenters. The molecule has 0 fully saturated rings. The molecule has 1 aromatic heterocycles. The maximum absolute atomic E-state index is 10.9. The number of nitrogens with zero attached hydrogens (tertiary/aromatic N) is 3. The van der Waals surface area contributed by atoms with Crippen LogP contribution in [0.25, 0.3) is 0 Å². The van der Waals surface area contributed by atoms with Gasteiger partial charge < -0.3 is 5.32 Å². The monoisotopic (exact) mass is 454 g/mol. The average Bonchev–Trinajstić information content (AvgIpc) is 2.33. The molecule has 0 aliphatic carbocycles. The van der Waals surface area contributed by atoms with E-state index in [1.807, 2.05) is 6.07 Å². The van der Waals surface area contributed by atoms with E-state index in [2.05, 4.69) is 53.8 Å². The maximum atomic E-state index is 10.9. The quantitative estimate of drug-likeness (QED) is 0.326. The van der Waals surface area contributed by atoms with Crippen LogP contribution in [0.5, 0.6) is 0 Å². The standard InChI is InChI=1S/C10H5BrClIN4O2/c11-6-3-5(1-2-7(6)13)16-10-8(17(18)19)9(12)14-4-15-10/h1-4H,(H,14,15,16). The Hall–Kier alpha value is -1.000. The summed E-state index contributed by atoms with van der Waals surface area (Å²) in [5.74, 6) is 0.0538. The molecule has 1 aromatic carbocycles. The van der Waals surface area contributed by atoms with Crippen LogP contribution in [0, 0.1) is 13.7 Å². The van der Waals surface area contributed by atoms with Crippen molar-refractivity contribution in [1.82, 2.24) is 9.97 Å². The molecule has 0 saturated carbocycles. The Bertz CT molecular complexity index is 655. The second-order valence-electron chi connectivity index (χ2n) is 3.37. The summed E-state index contributed by atoms with van der Waals surface area (Å²) in [6.07, 6.45) is 1.17. The van der Waals surface area contributed by atoms with E-state index in [1.165, 1.54) is 6.33 Å². The minimum absolute atomic E-state index is 0.0538. The van der Waals surface area contributed by atoms with Crippen LogP contribution < -0.4 is 5.32 Å². The molecule has 0 spiro atoms. The molecule has 1 N–H and O–H groups in total. The second kappa shape index (κ2) is 5.97. The molecule has 98 valence electrons. The predicted molar refractivity (Wildman–Crippen MR) is 83.8 cm³/mol. The van der Waals surface area contributed by atoms with Crippen LogP contribution in [0.15, 0.2) is 29.0 Å². The Labute approximate surface area is 135 Å². The lowest BCUT2D eigenvalue weighted by atomic mass is 10.3. The van der Waals surface area contributed by atoms with Gasteiger partial charge in [0.15, 0.2) is 0 Å². The van der Waals surface area contributed by atoms with Crippen molar-refractivity contribution in [2.75, 3.05) is 5.32 Å². The normalized spacial score (nSPS) is 10.3. The van der Waals surface area contributed by atoms with Crippen molar-refractivity contribution in [2.24, 2.45) is 0 Å². The van der Waals surface area contributed by atoms with E-state index >= 15 is 0 Å². The molecule has 2 aromatic rings. The topological polar surface area (TPSA) is 81.0 Å². The number of halogens is 3. The highest BCUT2D eigenvalue weighted by Gasteiger charge is 2.21. The highest BCUT2D eigenvalue weighted by molar-refractivity contribution is 14.1. The molecule has 0 aliphatic heterocycles. The molecule has 0 atom stereocenters. The molecule has 1 heterocycles. The van der Waals surface area contributed by atoms with Crippen molar-refractivity contribution in [3.05, 3.63) is 47.8 Å². The summed E-state index contributed by atoms with van der Waals surface area (Å²) in [6, 6.07) is 5.44. The van der Waals surface area contributed by atoms with E-state index in [0.29, 0.717) is 5.69 Å². The molecule has 19 heavy (non-hydrogen) atoms. The maximum Gasteiger partial charge on any atom is 0.348 e. The van der Waals surface area contributed by atoms with Crippen molar-refractivity contribution >= 4 is 67.3 Å². The Kier molecular flexibility index (Phi) is 4.53. The van der Waals surface area contributed by atoms with Gasteiger partial charge in [0, 0.05) is 13.7 Å². The fourth-order valence-corrected chi connectivity index (χ4v) is 2.24. The van der Waals surface area contributed by atoms with Crippen LogP contribution in [-0.4, -0.2) is 14.9 Å². The zero-order valence-electron chi connectivity index (χ0n) is 9.10. The molecular formula is C10H5BrClIN4O2. The molecule has 0 aliphatic rings. The van der Waals surface area contributed by atoms with Crippen molar-refractivity contribution in [2.45, 2.75) is 0 Å². The third-order valence-electron chi connectivity index (χ3n) is 2.14. The van der Waals surface area contributed by atoms with Crippen molar-refractivity contribution in [3.8, 4) is 0 Å². The molecular weight excluding hydrogens is 450 g/mol. The minimum Gasteiger partial charge on any atom is -0.334 e. The summed E-state index contributed by atoms with van der Waals surface area (Å²) in [5, 5.41) is 13.6. The predicted octanol–water partition coefficient (Wildman–Crippen LogP) is 4.15. The number of benzene rings is 1. The average molecular weight is 455 g/mol. The van der Waals surface area contributed by atoms with Crippen LogP contribution in [0.1, 0.15) is 0 Å². The van der Waals surface area contributed by atoms with Gasteiger partial charge in [0.1, 0.15) is 6.33 Å². The number of anilines is 2. The number of hydrogen-bond donors (Lipinski definition) is 1. The molecule has 0 amide bonds. The summed E-state index contributed by atoms with van der Waals surface area (Å²) in [5.41, 5.74) is 0.309. The fourth-order valence-electron chi connectivity index (χ4n) is 1.32. The Morgan fingerprint density at radius 1 is 1.42 bits per heavy atom. The summed E-state index contributed by atoms with van der Waals surface area (Å²) >= 11 is 11.3. The SMILES string of the molecule is O=[N+]([O-])c1c(Cl)ncnc1Nc1ccc(I)c(Br)c1. The summed E-state index contributed by atoms with van der Waals surface area (Å²) in [7, 11) is 0. The van der Waals surface area contributed by atoms with Gasteiger partial charge in [0.2, 0.25) is 11.0 Å². The van der Waals surface area contributed by atoms with E-state index in [9.17, 15) is 10.1 Å². The van der Waals surface area contributed by atoms with E-state index < -0.39 is 4.92 Å². The highest BCUT2D eigenvalue weighted by Crippen LogP contribution is 2.31. The zero-order chi connectivity index (χ0) is 14.0. The van der Waals surface area contributed by atoms with Crippen LogP contribution in [0.2, 0.25) is 5.15 Å². The van der Waals surface area contributed by atoms with Gasteiger partial charge in [-0.1, -0.05) is 11.6 Å². The lowest BCUT2D eigenvalue weighted by Gasteiger charge is -2.07. The summed E-state index contributed by atoms with van der Waals surface area (Å²) in [4.78, 5) is 17.8. The summed E-state index contributed by atoms with van der Waals surface area (Å²) in [6.45, 7) is 0. The number of nitrogens with one attached hydrogen (secondary N) is 1. The van der Waals surface area contributed by atoms with E-state index in [4.69, 9.17) is 11.6 Å². The van der Waals surface area contributed by atoms with Crippen LogP contribution >= 0.6 is 50.1 Å². The first kappa shape index (κ1) is 14.4. The van der Waals surface area contributed by atoms with Crippen LogP contribution in [0.3, 0.4) is 0 Å². The number of rotatable bonds is 3. The van der Waals surface area contributed by atoms with Crippen molar-refractivity contribution in [3.63, 3.8) is 0 Å². The number of aromatic nitrogens is 2. The summed E-state index contributed by atoms with van der Waals surface area (Å²) < 4.78 is 1.90. The lowest BCUT2D eigenvalue weighted by Crippen LogP contribution is -2.01. The van der Waals surface area contributed by atoms with Gasteiger partial charge in [0.05, 0.1) is 4.92 Å². The zero-order valence-corrected chi connectivity index (χ0v) is 13.6. The first-order valence-electron chi connectivity index (χ1n) is 4.86. The van der Waals surface area contributed by atoms with Crippen molar-refractivity contribution in [1.29, 1.82) is 0 Å². The molecule has 0 bridgehead atoms. The van der Waals surface area contributed by atoms with Gasteiger partial charge in [0.25, 0.3) is 0 Å². The van der Waals surface area contributed by atoms with Crippen LogP contribution in [0.4, 0.5) is 17.2 Å². The molecule has 0 radical (unpaired) electrons. The third-order valence-corrected chi connectivity index (χ3v) is 4.76. The number of hydrogen-bond acceptors (Lipinski definition) is 5. The molecule has 0 saturated heterocycles. The number of nitro groups is 1. The fraction of sp³-hybridized carbons (Fsp3) is 0. The Balaban J connectivity index is 2.40. The van der Waals surface area contributed by atoms with Gasteiger partial charge in [-0.15, -0.1) is 0 Å². The van der Waals surface area contributed by atoms with Gasteiger partial charge in [-0.25, -0.2) is 9.97 Å². The van der Waals surface area contributed by atoms with Crippen LogP contribution in [-0.2, 0) is 0 Å². The largest absolute Gasteiger partial charge is 0.348 e. The van der Waals surface area contributed by atoms with E-state index in [-0.39, 0.29) is 16.7 Å². The van der Waals surface area contributed by atoms with Gasteiger partial charge in [-0.2, -0.15) is 0 Å². The van der Waals surface area contributed by atoms with E-state index in [0.717, 1.165) is 8.04 Å². The molecule has 2 rings (SSSR count). The smallest absolute Gasteiger partial charge is 0.334 e. The third kappa shape index (κ3) is 3.31. The molecule has 9 heteroatoms. The first-order chi connectivity index (χ1) is 8.99. The first-order valence-corrected chi connectivity index (χ1v) is 7.11. The highest BCUT2D eigenvalue weighted by atomic mass is 127. The minimum atomic E-state index is -0.619. The second-order valence-corrected chi connectivity index (χ2v) is 5.75. The van der Waals surface area contributed by atoms with Gasteiger partial charge >= 0.3 is 5.69 Å². The lowest BCUT2D eigenvalue weighted by molar-refractivity contribution is -0.384. The van der Waals surface area contributed by atoms with Gasteiger partial charge in [-0.3, -0.25) is 10.1 Å².